The SMILES string of the molecule is CCC(CCCCO)CN1CC(C)C(C#N)C1=O. The minimum absolute atomic E-state index is 0.00519. The number of unbranched alkanes of at least 4 members (excludes halogenated alkanes) is 1. The number of amides is 1. The van der Waals surface area contributed by atoms with Gasteiger partial charge in [0.15, 0.2) is 0 Å². The normalized spacial score (nSPS) is 25.2. The van der Waals surface area contributed by atoms with E-state index in [9.17, 15) is 4.79 Å². The molecule has 1 amide bonds. The Labute approximate surface area is 110 Å². The molecule has 0 saturated carbocycles. The number of hydrogen-bond acceptors (Lipinski definition) is 3. The van der Waals surface area contributed by atoms with E-state index in [2.05, 4.69) is 13.0 Å². The van der Waals surface area contributed by atoms with Gasteiger partial charge in [-0.05, 0) is 24.7 Å². The van der Waals surface area contributed by atoms with Crippen LogP contribution in [0, 0.1) is 29.1 Å². The van der Waals surface area contributed by atoms with E-state index in [1.807, 2.05) is 11.8 Å². The summed E-state index contributed by atoms with van der Waals surface area (Å²) in [6, 6.07) is 2.11. The maximum Gasteiger partial charge on any atom is 0.240 e. The second kappa shape index (κ2) is 7.38. The highest BCUT2D eigenvalue weighted by molar-refractivity contribution is 5.83. The summed E-state index contributed by atoms with van der Waals surface area (Å²) in [5.41, 5.74) is 0. The van der Waals surface area contributed by atoms with Gasteiger partial charge in [0.1, 0.15) is 5.92 Å². The van der Waals surface area contributed by atoms with E-state index in [1.165, 1.54) is 0 Å². The van der Waals surface area contributed by atoms with E-state index in [4.69, 9.17) is 10.4 Å². The van der Waals surface area contributed by atoms with Crippen molar-refractivity contribution in [3.05, 3.63) is 0 Å². The summed E-state index contributed by atoms with van der Waals surface area (Å²) in [4.78, 5) is 13.8. The molecule has 18 heavy (non-hydrogen) atoms. The molecule has 3 unspecified atom stereocenters. The first kappa shape index (κ1) is 15.0. The molecule has 0 aliphatic carbocycles. The number of aliphatic hydroxyl groups excluding tert-OH is 1. The zero-order chi connectivity index (χ0) is 13.5. The van der Waals surface area contributed by atoms with Crippen molar-refractivity contribution in [3.63, 3.8) is 0 Å². The molecular formula is C14H24N2O2. The lowest BCUT2D eigenvalue weighted by Crippen LogP contribution is -2.32. The van der Waals surface area contributed by atoms with Crippen LogP contribution in [0.3, 0.4) is 0 Å². The van der Waals surface area contributed by atoms with Crippen LogP contribution in [-0.2, 0) is 4.79 Å². The van der Waals surface area contributed by atoms with E-state index in [1.54, 1.807) is 0 Å². The monoisotopic (exact) mass is 252 g/mol. The number of carbonyl (C=O) groups excluding carboxylic acids is 1. The Bertz CT molecular complexity index is 311. The van der Waals surface area contributed by atoms with Gasteiger partial charge >= 0.3 is 0 Å². The highest BCUT2D eigenvalue weighted by atomic mass is 16.2. The molecule has 4 heteroatoms. The highest BCUT2D eigenvalue weighted by Gasteiger charge is 2.38. The second-order valence-electron chi connectivity index (χ2n) is 5.32. The molecule has 1 rings (SSSR count). The number of carbonyl (C=O) groups is 1. The van der Waals surface area contributed by atoms with Gasteiger partial charge in [-0.25, -0.2) is 0 Å². The van der Waals surface area contributed by atoms with Gasteiger partial charge in [0.2, 0.25) is 5.91 Å². The maximum absolute atomic E-state index is 12.0. The van der Waals surface area contributed by atoms with Crippen molar-refractivity contribution < 1.29 is 9.90 Å². The van der Waals surface area contributed by atoms with E-state index in [0.29, 0.717) is 12.5 Å². The number of nitriles is 1. The van der Waals surface area contributed by atoms with Crippen LogP contribution in [0.5, 0.6) is 0 Å². The summed E-state index contributed by atoms with van der Waals surface area (Å²) < 4.78 is 0. The van der Waals surface area contributed by atoms with Crippen LogP contribution in [0.1, 0.15) is 39.5 Å². The average Bonchev–Trinajstić information content (AvgIpc) is 2.63. The molecule has 4 nitrogen and oxygen atoms in total. The topological polar surface area (TPSA) is 64.3 Å². The molecule has 0 radical (unpaired) electrons. The van der Waals surface area contributed by atoms with Gasteiger partial charge in [-0.2, -0.15) is 5.26 Å². The Hall–Kier alpha value is -1.08. The summed E-state index contributed by atoms with van der Waals surface area (Å²) in [5.74, 6) is 0.202. The van der Waals surface area contributed by atoms with Crippen LogP contribution in [-0.4, -0.2) is 35.6 Å². The minimum atomic E-state index is -0.444. The first-order chi connectivity index (χ1) is 8.63. The van der Waals surface area contributed by atoms with Gasteiger partial charge < -0.3 is 10.0 Å². The largest absolute Gasteiger partial charge is 0.396 e. The zero-order valence-corrected chi connectivity index (χ0v) is 11.4. The molecular weight excluding hydrogens is 228 g/mol. The van der Waals surface area contributed by atoms with Gasteiger partial charge in [0.05, 0.1) is 6.07 Å². The molecule has 102 valence electrons. The number of rotatable bonds is 7. The van der Waals surface area contributed by atoms with Crippen LogP contribution in [0.4, 0.5) is 0 Å². The van der Waals surface area contributed by atoms with Crippen LogP contribution in [0.15, 0.2) is 0 Å². The first-order valence-electron chi connectivity index (χ1n) is 6.93. The highest BCUT2D eigenvalue weighted by Crippen LogP contribution is 2.26. The molecule has 0 aromatic rings. The molecule has 1 aliphatic rings. The molecule has 0 spiro atoms. The van der Waals surface area contributed by atoms with Crippen LogP contribution in [0.2, 0.25) is 0 Å². The summed E-state index contributed by atoms with van der Waals surface area (Å²) in [7, 11) is 0. The standard InChI is InChI=1S/C14H24N2O2/c1-3-12(6-4-5-7-17)10-16-9-11(2)13(8-15)14(16)18/h11-13,17H,3-7,9-10H2,1-2H3. The van der Waals surface area contributed by atoms with Crippen LogP contribution >= 0.6 is 0 Å². The predicted octanol–water partition coefficient (Wildman–Crippen LogP) is 1.79. The van der Waals surface area contributed by atoms with Gasteiger partial charge in [-0.1, -0.05) is 26.7 Å². The van der Waals surface area contributed by atoms with Crippen molar-refractivity contribution in [2.24, 2.45) is 17.8 Å². The lowest BCUT2D eigenvalue weighted by molar-refractivity contribution is -0.130. The molecule has 1 fully saturated rings. The van der Waals surface area contributed by atoms with Crippen molar-refractivity contribution in [1.82, 2.24) is 4.90 Å². The fourth-order valence-corrected chi connectivity index (χ4v) is 2.61. The number of likely N-dealkylation sites (tertiary alicyclic amines) is 1. The Kier molecular flexibility index (Phi) is 6.14. The Morgan fingerprint density at radius 1 is 1.56 bits per heavy atom. The molecule has 0 aromatic heterocycles. The zero-order valence-electron chi connectivity index (χ0n) is 11.4. The molecule has 1 saturated heterocycles. The lowest BCUT2D eigenvalue weighted by Gasteiger charge is -2.23. The van der Waals surface area contributed by atoms with Gasteiger partial charge in [-0.15, -0.1) is 0 Å². The summed E-state index contributed by atoms with van der Waals surface area (Å²) >= 11 is 0. The smallest absolute Gasteiger partial charge is 0.240 e. The number of aliphatic hydroxyl groups is 1. The van der Waals surface area contributed by atoms with Gasteiger partial charge in [-0.3, -0.25) is 4.79 Å². The van der Waals surface area contributed by atoms with Crippen molar-refractivity contribution >= 4 is 5.91 Å². The number of hydrogen-bond donors (Lipinski definition) is 1. The van der Waals surface area contributed by atoms with Crippen molar-refractivity contribution in [2.75, 3.05) is 19.7 Å². The predicted molar refractivity (Wildman–Crippen MR) is 69.6 cm³/mol. The van der Waals surface area contributed by atoms with Crippen LogP contribution in [0.25, 0.3) is 0 Å². The van der Waals surface area contributed by atoms with E-state index in [-0.39, 0.29) is 18.4 Å². The fourth-order valence-electron chi connectivity index (χ4n) is 2.61. The molecule has 1 heterocycles. The van der Waals surface area contributed by atoms with Crippen LogP contribution < -0.4 is 0 Å². The van der Waals surface area contributed by atoms with Crippen molar-refractivity contribution in [2.45, 2.75) is 39.5 Å². The lowest BCUT2D eigenvalue weighted by atomic mass is 9.98. The summed E-state index contributed by atoms with van der Waals surface area (Å²) in [5, 5.41) is 17.7. The Morgan fingerprint density at radius 3 is 2.78 bits per heavy atom. The maximum atomic E-state index is 12.0. The van der Waals surface area contributed by atoms with E-state index in [0.717, 1.165) is 32.2 Å². The van der Waals surface area contributed by atoms with Crippen molar-refractivity contribution in [1.29, 1.82) is 5.26 Å². The third-order valence-corrected chi connectivity index (χ3v) is 3.87. The quantitative estimate of drug-likeness (QED) is 0.703. The van der Waals surface area contributed by atoms with E-state index < -0.39 is 5.92 Å². The van der Waals surface area contributed by atoms with Gasteiger partial charge in [0.25, 0.3) is 0 Å². The Balaban J connectivity index is 2.46. The second-order valence-corrected chi connectivity index (χ2v) is 5.32. The molecule has 1 aliphatic heterocycles. The average molecular weight is 252 g/mol. The summed E-state index contributed by atoms with van der Waals surface area (Å²) in [6.07, 6.45) is 3.93. The molecule has 3 atom stereocenters. The molecule has 0 bridgehead atoms. The van der Waals surface area contributed by atoms with Crippen molar-refractivity contribution in [3.8, 4) is 6.07 Å². The first-order valence-corrected chi connectivity index (χ1v) is 6.93. The minimum Gasteiger partial charge on any atom is -0.396 e. The fraction of sp³-hybridized carbons (Fsp3) is 0.857. The third-order valence-electron chi connectivity index (χ3n) is 3.87. The molecule has 0 aromatic carbocycles. The summed E-state index contributed by atoms with van der Waals surface area (Å²) in [6.45, 7) is 5.83. The van der Waals surface area contributed by atoms with E-state index >= 15 is 0 Å². The molecule has 1 N–H and O–H groups in total. The van der Waals surface area contributed by atoms with Gasteiger partial charge in [0, 0.05) is 19.7 Å². The number of nitrogens with zero attached hydrogens (tertiary/aromatic N) is 2. The third kappa shape index (κ3) is 3.71. The Morgan fingerprint density at radius 2 is 2.28 bits per heavy atom.